The predicted molar refractivity (Wildman–Crippen MR) is 95.7 cm³/mol. The van der Waals surface area contributed by atoms with Gasteiger partial charge in [0.2, 0.25) is 5.91 Å². The van der Waals surface area contributed by atoms with E-state index in [1.165, 1.54) is 5.69 Å². The molecule has 1 aromatic carbocycles. The molecule has 1 amide bonds. The van der Waals surface area contributed by atoms with Gasteiger partial charge in [-0.25, -0.2) is 0 Å². The van der Waals surface area contributed by atoms with Crippen LogP contribution < -0.4 is 15.4 Å². The highest BCUT2D eigenvalue weighted by atomic mass is 16.5. The van der Waals surface area contributed by atoms with Crippen molar-refractivity contribution >= 4 is 11.6 Å². The molecule has 6 heteroatoms. The normalized spacial score (nSPS) is 18.8. The summed E-state index contributed by atoms with van der Waals surface area (Å²) in [4.78, 5) is 12.3. The number of amides is 1. The lowest BCUT2D eigenvalue weighted by Crippen LogP contribution is -2.13. The van der Waals surface area contributed by atoms with E-state index in [1.54, 1.807) is 0 Å². The topological polar surface area (TPSA) is 68.2 Å². The summed E-state index contributed by atoms with van der Waals surface area (Å²) in [6.07, 6.45) is 3.31. The minimum absolute atomic E-state index is 0.0215. The molecule has 6 nitrogen and oxygen atoms in total. The Labute approximate surface area is 147 Å². The molecule has 132 valence electrons. The summed E-state index contributed by atoms with van der Waals surface area (Å²) < 4.78 is 7.76. The Morgan fingerprint density at radius 1 is 1.44 bits per heavy atom. The van der Waals surface area contributed by atoms with E-state index in [-0.39, 0.29) is 12.0 Å². The molecule has 2 N–H and O–H groups in total. The fourth-order valence-corrected chi connectivity index (χ4v) is 3.51. The second-order valence-corrected chi connectivity index (χ2v) is 6.88. The maximum atomic E-state index is 12.3. The molecule has 0 saturated carbocycles. The van der Waals surface area contributed by atoms with Gasteiger partial charge in [0.15, 0.2) is 0 Å². The molecule has 0 spiro atoms. The molecule has 4 rings (SSSR count). The van der Waals surface area contributed by atoms with E-state index in [9.17, 15) is 4.79 Å². The zero-order valence-electron chi connectivity index (χ0n) is 14.5. The van der Waals surface area contributed by atoms with Gasteiger partial charge < -0.3 is 15.4 Å². The zero-order valence-corrected chi connectivity index (χ0v) is 14.5. The molecule has 2 aromatic rings. The van der Waals surface area contributed by atoms with Crippen molar-refractivity contribution in [3.8, 4) is 5.75 Å². The maximum absolute atomic E-state index is 12.3. The molecule has 25 heavy (non-hydrogen) atoms. The monoisotopic (exact) mass is 340 g/mol. The Hall–Kier alpha value is -2.34. The van der Waals surface area contributed by atoms with Crippen LogP contribution in [0.25, 0.3) is 0 Å². The molecule has 1 aromatic heterocycles. The van der Waals surface area contributed by atoms with E-state index in [1.807, 2.05) is 18.2 Å². The van der Waals surface area contributed by atoms with Gasteiger partial charge in [0.1, 0.15) is 11.9 Å². The summed E-state index contributed by atoms with van der Waals surface area (Å²) >= 11 is 0. The van der Waals surface area contributed by atoms with Gasteiger partial charge in [-0.15, -0.1) is 0 Å². The predicted octanol–water partition coefficient (Wildman–Crippen LogP) is 2.27. The SMILES string of the molecule is CC1Cc2cc(NC(=O)CCc3cc4n(n3)CCCNC4)ccc2O1. The van der Waals surface area contributed by atoms with Crippen molar-refractivity contribution in [2.45, 2.75) is 51.8 Å². The van der Waals surface area contributed by atoms with Crippen LogP contribution in [0.4, 0.5) is 5.69 Å². The molecule has 2 aliphatic rings. The third-order valence-corrected chi connectivity index (χ3v) is 4.73. The molecular weight excluding hydrogens is 316 g/mol. The van der Waals surface area contributed by atoms with Crippen LogP contribution >= 0.6 is 0 Å². The number of ether oxygens (including phenoxy) is 1. The first-order valence-corrected chi connectivity index (χ1v) is 9.03. The first-order chi connectivity index (χ1) is 12.2. The van der Waals surface area contributed by atoms with Gasteiger partial charge in [0.05, 0.1) is 11.4 Å². The van der Waals surface area contributed by atoms with Crippen molar-refractivity contribution in [2.75, 3.05) is 11.9 Å². The zero-order chi connectivity index (χ0) is 17.2. The van der Waals surface area contributed by atoms with Crippen molar-refractivity contribution in [3.63, 3.8) is 0 Å². The third-order valence-electron chi connectivity index (χ3n) is 4.73. The minimum Gasteiger partial charge on any atom is -0.490 e. The summed E-state index contributed by atoms with van der Waals surface area (Å²) in [6.45, 7) is 4.89. The molecule has 0 fully saturated rings. The number of rotatable bonds is 4. The standard InChI is InChI=1S/C19H24N4O2/c1-13-9-14-10-15(3-5-18(14)25-13)21-19(24)6-4-16-11-17-12-20-7-2-8-23(17)22-16/h3,5,10-11,13,20H,2,4,6-9,12H2,1H3,(H,21,24). The molecule has 0 saturated heterocycles. The molecular formula is C19H24N4O2. The average Bonchev–Trinajstić information content (AvgIpc) is 3.08. The number of benzene rings is 1. The average molecular weight is 340 g/mol. The minimum atomic E-state index is 0.0215. The summed E-state index contributed by atoms with van der Waals surface area (Å²) in [6, 6.07) is 7.97. The second kappa shape index (κ2) is 6.88. The van der Waals surface area contributed by atoms with Gasteiger partial charge in [0.25, 0.3) is 0 Å². The van der Waals surface area contributed by atoms with Gasteiger partial charge >= 0.3 is 0 Å². The van der Waals surface area contributed by atoms with E-state index < -0.39 is 0 Å². The number of aryl methyl sites for hydroxylation is 2. The summed E-state index contributed by atoms with van der Waals surface area (Å²) in [7, 11) is 0. The second-order valence-electron chi connectivity index (χ2n) is 6.88. The highest BCUT2D eigenvalue weighted by Gasteiger charge is 2.19. The fraction of sp³-hybridized carbons (Fsp3) is 0.474. The Morgan fingerprint density at radius 2 is 2.36 bits per heavy atom. The smallest absolute Gasteiger partial charge is 0.224 e. The molecule has 1 unspecified atom stereocenters. The number of carbonyl (C=O) groups is 1. The Morgan fingerprint density at radius 3 is 3.28 bits per heavy atom. The number of anilines is 1. The lowest BCUT2D eigenvalue weighted by molar-refractivity contribution is -0.116. The fourth-order valence-electron chi connectivity index (χ4n) is 3.51. The third kappa shape index (κ3) is 3.69. The van der Waals surface area contributed by atoms with Gasteiger partial charge in [-0.05, 0) is 49.7 Å². The molecule has 2 aliphatic heterocycles. The molecule has 0 bridgehead atoms. The molecule has 0 radical (unpaired) electrons. The Bertz CT molecular complexity index is 760. The van der Waals surface area contributed by atoms with E-state index in [4.69, 9.17) is 4.74 Å². The number of hydrogen-bond acceptors (Lipinski definition) is 4. The van der Waals surface area contributed by atoms with Crippen LogP contribution in [0.5, 0.6) is 5.75 Å². The summed E-state index contributed by atoms with van der Waals surface area (Å²) in [5.74, 6) is 0.951. The molecule has 1 atom stereocenters. The van der Waals surface area contributed by atoms with Crippen molar-refractivity contribution < 1.29 is 9.53 Å². The van der Waals surface area contributed by atoms with Crippen LogP contribution in [-0.4, -0.2) is 28.3 Å². The number of nitrogens with one attached hydrogen (secondary N) is 2. The highest BCUT2D eigenvalue weighted by molar-refractivity contribution is 5.91. The van der Waals surface area contributed by atoms with Crippen LogP contribution in [-0.2, 0) is 30.7 Å². The number of hydrogen-bond donors (Lipinski definition) is 2. The van der Waals surface area contributed by atoms with Crippen LogP contribution in [0.2, 0.25) is 0 Å². The van der Waals surface area contributed by atoms with Crippen molar-refractivity contribution in [2.24, 2.45) is 0 Å². The van der Waals surface area contributed by atoms with Gasteiger partial charge in [0, 0.05) is 38.0 Å². The first kappa shape index (κ1) is 16.1. The number of aromatic nitrogens is 2. The lowest BCUT2D eigenvalue weighted by Gasteiger charge is -2.06. The van der Waals surface area contributed by atoms with Crippen LogP contribution in [0.3, 0.4) is 0 Å². The lowest BCUT2D eigenvalue weighted by atomic mass is 10.1. The van der Waals surface area contributed by atoms with Crippen LogP contribution in [0.1, 0.15) is 36.7 Å². The summed E-state index contributed by atoms with van der Waals surface area (Å²) in [5.41, 5.74) is 4.20. The number of carbonyl (C=O) groups excluding carboxylic acids is 1. The Balaban J connectivity index is 1.33. The van der Waals surface area contributed by atoms with E-state index >= 15 is 0 Å². The van der Waals surface area contributed by atoms with Crippen LogP contribution in [0.15, 0.2) is 24.3 Å². The maximum Gasteiger partial charge on any atom is 0.224 e. The molecule has 0 aliphatic carbocycles. The number of fused-ring (bicyclic) bond motifs is 2. The van der Waals surface area contributed by atoms with Crippen LogP contribution in [0, 0.1) is 0 Å². The van der Waals surface area contributed by atoms with E-state index in [2.05, 4.69) is 33.4 Å². The van der Waals surface area contributed by atoms with Gasteiger partial charge in [-0.3, -0.25) is 9.48 Å². The van der Waals surface area contributed by atoms with E-state index in [0.29, 0.717) is 12.8 Å². The number of nitrogens with zero attached hydrogens (tertiary/aromatic N) is 2. The Kier molecular flexibility index (Phi) is 4.44. The quantitative estimate of drug-likeness (QED) is 0.896. The van der Waals surface area contributed by atoms with Gasteiger partial charge in [-0.1, -0.05) is 0 Å². The van der Waals surface area contributed by atoms with Crippen molar-refractivity contribution in [3.05, 3.63) is 41.2 Å². The van der Waals surface area contributed by atoms with Crippen molar-refractivity contribution in [1.82, 2.24) is 15.1 Å². The largest absolute Gasteiger partial charge is 0.490 e. The first-order valence-electron chi connectivity index (χ1n) is 9.03. The van der Waals surface area contributed by atoms with Crippen molar-refractivity contribution in [1.29, 1.82) is 0 Å². The van der Waals surface area contributed by atoms with Gasteiger partial charge in [-0.2, -0.15) is 5.10 Å². The summed E-state index contributed by atoms with van der Waals surface area (Å²) in [5, 5.41) is 11.0. The van der Waals surface area contributed by atoms with E-state index in [0.717, 1.165) is 55.2 Å². The molecule has 3 heterocycles. The highest BCUT2D eigenvalue weighted by Crippen LogP contribution is 2.31.